The van der Waals surface area contributed by atoms with E-state index in [-0.39, 0.29) is 58.8 Å². The molecule has 9 heteroatoms. The lowest BCUT2D eigenvalue weighted by molar-refractivity contribution is -0.121. The number of sulfone groups is 1. The molecular weight excluding hydrogens is 564 g/mol. The minimum atomic E-state index is -4.08. The molecule has 0 spiro atoms. The van der Waals surface area contributed by atoms with E-state index in [0.717, 1.165) is 23.3 Å². The van der Waals surface area contributed by atoms with Crippen LogP contribution in [0.1, 0.15) is 69.1 Å². The molecule has 0 aromatic heterocycles. The van der Waals surface area contributed by atoms with E-state index >= 15 is 0 Å². The minimum Gasteiger partial charge on any atom is -0.464 e. The lowest BCUT2D eigenvalue weighted by atomic mass is 9.60. The Bertz CT molecular complexity index is 1700. The smallest absolute Gasteiger partial charge is 0.416 e. The third kappa shape index (κ3) is 4.72. The fraction of sp³-hybridized carbons (Fsp3) is 0.441. The molecule has 2 aromatic carbocycles. The highest BCUT2D eigenvalue weighted by Gasteiger charge is 2.57. The molecule has 224 valence electrons. The third-order valence-corrected chi connectivity index (χ3v) is 12.6. The molecule has 1 saturated carbocycles. The zero-order chi connectivity index (χ0) is 30.7. The molecule has 1 aliphatic carbocycles. The highest BCUT2D eigenvalue weighted by atomic mass is 32.2. The summed E-state index contributed by atoms with van der Waals surface area (Å²) in [6.45, 7) is 6.14. The summed E-state index contributed by atoms with van der Waals surface area (Å²) in [5.41, 5.74) is 2.15. The number of allylic oxidation sites excluding steroid dienone is 2. The van der Waals surface area contributed by atoms with Gasteiger partial charge in [-0.25, -0.2) is 13.2 Å². The number of hydrogen-bond donors (Lipinski definition) is 1. The van der Waals surface area contributed by atoms with Gasteiger partial charge in [0.15, 0.2) is 15.6 Å². The first-order valence-electron chi connectivity index (χ1n) is 14.9. The van der Waals surface area contributed by atoms with Crippen molar-refractivity contribution in [3.05, 3.63) is 93.2 Å². The highest BCUT2D eigenvalue weighted by molar-refractivity contribution is 7.96. The van der Waals surface area contributed by atoms with Gasteiger partial charge in [0.05, 0.1) is 40.0 Å². The van der Waals surface area contributed by atoms with Crippen LogP contribution >= 0.6 is 0 Å². The summed E-state index contributed by atoms with van der Waals surface area (Å²) in [5.74, 6) is -1.30. The Kier molecular flexibility index (Phi) is 7.34. The van der Waals surface area contributed by atoms with Gasteiger partial charge in [0.2, 0.25) is 0 Å². The summed E-state index contributed by atoms with van der Waals surface area (Å²) in [5, 5.41) is 19.2. The Balaban J connectivity index is 1.52. The van der Waals surface area contributed by atoms with Crippen molar-refractivity contribution in [2.24, 2.45) is 17.8 Å². The maximum Gasteiger partial charge on any atom is 0.416 e. The van der Waals surface area contributed by atoms with Crippen LogP contribution in [0.25, 0.3) is 0 Å². The van der Waals surface area contributed by atoms with E-state index in [1.54, 1.807) is 24.3 Å². The molecule has 1 N–H and O–H groups in total. The molecule has 0 saturated heterocycles. The van der Waals surface area contributed by atoms with Crippen LogP contribution in [0.4, 0.5) is 4.79 Å². The number of amides is 1. The summed E-state index contributed by atoms with van der Waals surface area (Å²) in [7, 11) is -4.08. The molecule has 5 atom stereocenters. The maximum absolute atomic E-state index is 14.9. The topological polar surface area (TPSA) is 125 Å². The number of ketones is 1. The summed E-state index contributed by atoms with van der Waals surface area (Å²) in [4.78, 5) is 27.2. The van der Waals surface area contributed by atoms with Gasteiger partial charge in [-0.1, -0.05) is 69.7 Å². The van der Waals surface area contributed by atoms with Crippen LogP contribution in [0.15, 0.2) is 76.5 Å². The predicted molar refractivity (Wildman–Crippen MR) is 160 cm³/mol. The minimum absolute atomic E-state index is 0.0153. The summed E-state index contributed by atoms with van der Waals surface area (Å²) < 4.78 is 35.3. The van der Waals surface area contributed by atoms with Crippen molar-refractivity contribution in [3.63, 3.8) is 0 Å². The average molecular weight is 601 g/mol. The van der Waals surface area contributed by atoms with Crippen molar-refractivity contribution >= 4 is 21.7 Å². The fourth-order valence-corrected chi connectivity index (χ4v) is 10.7. The molecule has 2 unspecified atom stereocenters. The van der Waals surface area contributed by atoms with Crippen molar-refractivity contribution in [1.82, 2.24) is 4.90 Å². The van der Waals surface area contributed by atoms with Crippen LogP contribution < -0.4 is 0 Å². The number of carboxylic acid groups (broad SMARTS) is 1. The van der Waals surface area contributed by atoms with Crippen molar-refractivity contribution < 1.29 is 27.9 Å². The molecule has 1 amide bonds. The number of rotatable bonds is 4. The molecule has 8 nitrogen and oxygen atoms in total. The molecule has 1 fully saturated rings. The lowest BCUT2D eigenvalue weighted by Gasteiger charge is -2.46. The van der Waals surface area contributed by atoms with E-state index < -0.39 is 32.9 Å². The summed E-state index contributed by atoms with van der Waals surface area (Å²) in [6.07, 6.45) is 1.27. The molecule has 43 heavy (non-hydrogen) atoms. The molecule has 2 aromatic rings. The average Bonchev–Trinajstić information content (AvgIpc) is 3.26. The van der Waals surface area contributed by atoms with Gasteiger partial charge in [-0.05, 0) is 59.3 Å². The van der Waals surface area contributed by atoms with E-state index in [0.29, 0.717) is 23.5 Å². The van der Waals surface area contributed by atoms with Crippen LogP contribution in [-0.4, -0.2) is 48.8 Å². The number of hydrogen-bond acceptors (Lipinski definition) is 6. The summed E-state index contributed by atoms with van der Waals surface area (Å²) in [6, 6.07) is 18.9. The highest BCUT2D eigenvalue weighted by Crippen LogP contribution is 2.57. The van der Waals surface area contributed by atoms with Gasteiger partial charge in [0.25, 0.3) is 0 Å². The van der Waals surface area contributed by atoms with Gasteiger partial charge in [0, 0.05) is 17.7 Å². The number of carbonyl (C=O) groups excluding carboxylic acids is 1. The largest absolute Gasteiger partial charge is 0.464 e. The lowest BCUT2D eigenvalue weighted by Crippen LogP contribution is -2.44. The van der Waals surface area contributed by atoms with E-state index in [2.05, 4.69) is 39.0 Å². The van der Waals surface area contributed by atoms with Crippen LogP contribution in [0.3, 0.4) is 0 Å². The van der Waals surface area contributed by atoms with Crippen molar-refractivity contribution in [1.29, 1.82) is 5.26 Å². The first-order chi connectivity index (χ1) is 20.5. The summed E-state index contributed by atoms with van der Waals surface area (Å²) >= 11 is 0. The quantitative estimate of drug-likeness (QED) is 0.462. The van der Waals surface area contributed by atoms with E-state index in [1.807, 2.05) is 18.2 Å². The Morgan fingerprint density at radius 1 is 1.07 bits per heavy atom. The standard InChI is InChI=1S/C34H36N2O6S/c1-20-12-13-25(34(2,3)23-10-5-4-6-11-23)24(14-20)29-16-26-32(43(29,40)41)30(22-9-7-8-21(15-22)17-35)31-27(36(26)33(38)39)18-42-19-28(31)37/h4-11,15,20,24-25,29-30H,12-14,16,18-19H2,1-3H3,(H,38,39)/t20-,24-,25?,29+,30?/m0/s1. The number of carbonyl (C=O) groups is 2. The molecular formula is C34H36N2O6S. The molecule has 0 radical (unpaired) electrons. The van der Waals surface area contributed by atoms with Gasteiger partial charge >= 0.3 is 6.09 Å². The van der Waals surface area contributed by atoms with Crippen LogP contribution in [0, 0.1) is 29.1 Å². The van der Waals surface area contributed by atoms with E-state index in [9.17, 15) is 28.4 Å². The van der Waals surface area contributed by atoms with Gasteiger partial charge in [-0.2, -0.15) is 5.26 Å². The molecule has 0 bridgehead atoms. The number of Topliss-reactive ketones (excluding diaryl/α,β-unsaturated/α-hetero) is 1. The van der Waals surface area contributed by atoms with E-state index in [1.165, 1.54) is 0 Å². The zero-order valence-electron chi connectivity index (χ0n) is 24.6. The van der Waals surface area contributed by atoms with Crippen LogP contribution in [-0.2, 0) is 24.8 Å². The zero-order valence-corrected chi connectivity index (χ0v) is 25.4. The van der Waals surface area contributed by atoms with E-state index in [4.69, 9.17) is 4.74 Å². The van der Waals surface area contributed by atoms with Crippen molar-refractivity contribution in [3.8, 4) is 6.07 Å². The molecule has 3 aliphatic heterocycles. The second-order valence-corrected chi connectivity index (χ2v) is 15.1. The number of benzene rings is 2. The van der Waals surface area contributed by atoms with Gasteiger partial charge < -0.3 is 9.84 Å². The third-order valence-electron chi connectivity index (χ3n) is 10.2. The molecule has 3 heterocycles. The Hall–Kier alpha value is -3.74. The molecule has 6 rings (SSSR count). The maximum atomic E-state index is 14.9. The van der Waals surface area contributed by atoms with Gasteiger partial charge in [-0.3, -0.25) is 9.69 Å². The second kappa shape index (κ2) is 10.8. The van der Waals surface area contributed by atoms with Crippen molar-refractivity contribution in [2.75, 3.05) is 13.2 Å². The van der Waals surface area contributed by atoms with Crippen molar-refractivity contribution in [2.45, 2.75) is 63.0 Å². The second-order valence-electron chi connectivity index (χ2n) is 12.9. The molecule has 4 aliphatic rings. The number of nitrogens with zero attached hydrogens (tertiary/aromatic N) is 2. The first kappa shape index (κ1) is 29.3. The van der Waals surface area contributed by atoms with Gasteiger partial charge in [0.1, 0.15) is 6.61 Å². The Labute approximate surface area is 252 Å². The Morgan fingerprint density at radius 3 is 2.51 bits per heavy atom. The number of nitriles is 1. The fourth-order valence-electron chi connectivity index (χ4n) is 8.16. The SMILES string of the molecule is C[C@H]1CCC(C(C)(C)c2ccccc2)[C@@H]([C@H]2CC3=C(C(c4cccc(C#N)c4)C4=C(COCC4=O)N3C(=O)O)S2(=O)=O)C1. The predicted octanol–water partition coefficient (Wildman–Crippen LogP) is 5.92. The monoisotopic (exact) mass is 600 g/mol. The first-order valence-corrected chi connectivity index (χ1v) is 16.4. The number of ether oxygens (including phenoxy) is 1. The van der Waals surface area contributed by atoms with Crippen LogP contribution in [0.5, 0.6) is 0 Å². The van der Waals surface area contributed by atoms with Gasteiger partial charge in [-0.15, -0.1) is 0 Å². The Morgan fingerprint density at radius 2 is 1.81 bits per heavy atom. The van der Waals surface area contributed by atoms with Crippen LogP contribution in [0.2, 0.25) is 0 Å². The normalized spacial score (nSPS) is 28.7.